The second-order valence-corrected chi connectivity index (χ2v) is 7.65. The van der Waals surface area contributed by atoms with E-state index in [1.54, 1.807) is 17.7 Å². The van der Waals surface area contributed by atoms with Crippen LogP contribution in [0.15, 0.2) is 28.8 Å². The molecule has 3 rings (SSSR count). The second-order valence-electron chi connectivity index (χ2n) is 6.61. The number of nitrogens with zero attached hydrogens (tertiary/aromatic N) is 4. The molecule has 1 fully saturated rings. The van der Waals surface area contributed by atoms with Gasteiger partial charge in [0.2, 0.25) is 0 Å². The van der Waals surface area contributed by atoms with Crippen molar-refractivity contribution < 1.29 is 5.11 Å². The first kappa shape index (κ1) is 22.1. The lowest BCUT2D eigenvalue weighted by molar-refractivity contribution is 0.120. The predicted molar refractivity (Wildman–Crippen MR) is 120 cm³/mol. The topological polar surface area (TPSA) is 87.4 Å². The fraction of sp³-hybridized carbons (Fsp3) is 0.611. The van der Waals surface area contributed by atoms with Gasteiger partial charge in [0.25, 0.3) is 0 Å². The van der Waals surface area contributed by atoms with Crippen LogP contribution in [-0.4, -0.2) is 44.5 Å². The molecule has 0 bridgehead atoms. The molecule has 3 N–H and O–H groups in total. The van der Waals surface area contributed by atoms with E-state index in [1.165, 1.54) is 4.88 Å². The van der Waals surface area contributed by atoms with Crippen molar-refractivity contribution in [2.45, 2.75) is 64.3 Å². The zero-order valence-electron chi connectivity index (χ0n) is 15.7. The number of guanidine groups is 1. The quantitative estimate of drug-likeness (QED) is 0.307. The molecule has 1 aliphatic carbocycles. The molecule has 0 radical (unpaired) electrons. The van der Waals surface area contributed by atoms with Gasteiger partial charge in [0.05, 0.1) is 12.6 Å². The van der Waals surface area contributed by atoms with Crippen LogP contribution in [0.2, 0.25) is 0 Å². The monoisotopic (exact) mass is 504 g/mol. The lowest BCUT2D eigenvalue weighted by atomic mass is 9.93. The number of thiophene rings is 1. The summed E-state index contributed by atoms with van der Waals surface area (Å²) in [5, 5.41) is 26.8. The molecule has 1 saturated carbocycles. The Morgan fingerprint density at radius 1 is 1.37 bits per heavy atom. The Bertz CT molecular complexity index is 682. The zero-order chi connectivity index (χ0) is 18.2. The smallest absolute Gasteiger partial charge is 0.191 e. The molecule has 0 aromatic carbocycles. The summed E-state index contributed by atoms with van der Waals surface area (Å²) in [5.74, 6) is 1.84. The molecule has 7 nitrogen and oxygen atoms in total. The Hall–Kier alpha value is -1.20. The van der Waals surface area contributed by atoms with Crippen LogP contribution in [0.3, 0.4) is 0 Å². The highest BCUT2D eigenvalue weighted by Gasteiger charge is 2.20. The number of hydrogen-bond acceptors (Lipinski definition) is 5. The summed E-state index contributed by atoms with van der Waals surface area (Å²) in [7, 11) is 0. The maximum atomic E-state index is 9.70. The van der Waals surface area contributed by atoms with Crippen molar-refractivity contribution >= 4 is 41.3 Å². The van der Waals surface area contributed by atoms with E-state index in [0.29, 0.717) is 12.6 Å². The average molecular weight is 504 g/mol. The van der Waals surface area contributed by atoms with Crippen molar-refractivity contribution in [1.82, 2.24) is 25.4 Å². The number of rotatable bonds is 7. The van der Waals surface area contributed by atoms with Gasteiger partial charge in [0.15, 0.2) is 5.96 Å². The van der Waals surface area contributed by atoms with E-state index in [1.807, 2.05) is 0 Å². The highest BCUT2D eigenvalue weighted by Crippen LogP contribution is 2.18. The highest BCUT2D eigenvalue weighted by molar-refractivity contribution is 14.0. The number of aryl methyl sites for hydroxylation is 1. The van der Waals surface area contributed by atoms with E-state index < -0.39 is 0 Å². The van der Waals surface area contributed by atoms with E-state index in [4.69, 9.17) is 4.99 Å². The third-order valence-corrected chi connectivity index (χ3v) is 5.53. The van der Waals surface area contributed by atoms with Crippen LogP contribution in [0.25, 0.3) is 0 Å². The fourth-order valence-corrected chi connectivity index (χ4v) is 3.79. The molecular formula is C18H29IN6OS. The van der Waals surface area contributed by atoms with E-state index in [0.717, 1.165) is 57.0 Å². The number of nitrogens with one attached hydrogen (secondary N) is 2. The largest absolute Gasteiger partial charge is 0.393 e. The van der Waals surface area contributed by atoms with Crippen molar-refractivity contribution in [3.8, 4) is 0 Å². The van der Waals surface area contributed by atoms with Gasteiger partial charge in [0, 0.05) is 30.4 Å². The summed E-state index contributed by atoms with van der Waals surface area (Å²) >= 11 is 1.72. The zero-order valence-corrected chi connectivity index (χ0v) is 18.8. The third-order valence-electron chi connectivity index (χ3n) is 4.67. The number of aliphatic hydroxyl groups is 1. The first-order valence-electron chi connectivity index (χ1n) is 9.36. The van der Waals surface area contributed by atoms with Crippen LogP contribution < -0.4 is 10.6 Å². The van der Waals surface area contributed by atoms with Crippen molar-refractivity contribution in [3.63, 3.8) is 0 Å². The number of aliphatic imine (C=N–C) groups is 1. The Labute approximate surface area is 181 Å². The molecule has 0 unspecified atom stereocenters. The van der Waals surface area contributed by atoms with Gasteiger partial charge in [-0.3, -0.25) is 0 Å². The van der Waals surface area contributed by atoms with Crippen LogP contribution >= 0.6 is 35.3 Å². The highest BCUT2D eigenvalue weighted by atomic mass is 127. The van der Waals surface area contributed by atoms with Gasteiger partial charge >= 0.3 is 0 Å². The lowest BCUT2D eigenvalue weighted by Gasteiger charge is -2.27. The number of halogens is 1. The van der Waals surface area contributed by atoms with Gasteiger partial charge in [-0.15, -0.1) is 45.5 Å². The van der Waals surface area contributed by atoms with E-state index in [9.17, 15) is 5.11 Å². The van der Waals surface area contributed by atoms with Gasteiger partial charge in [-0.1, -0.05) is 13.0 Å². The summed E-state index contributed by atoms with van der Waals surface area (Å²) in [5.41, 5.74) is 0. The van der Waals surface area contributed by atoms with E-state index in [-0.39, 0.29) is 30.1 Å². The molecule has 2 aromatic rings. The Balaban J connectivity index is 0.00000261. The van der Waals surface area contributed by atoms with Crippen LogP contribution in [0.1, 0.15) is 43.3 Å². The van der Waals surface area contributed by atoms with Gasteiger partial charge in [-0.25, -0.2) is 4.99 Å². The first-order valence-corrected chi connectivity index (χ1v) is 10.2. The summed E-state index contributed by atoms with van der Waals surface area (Å²) in [6.07, 6.45) is 6.18. The maximum absolute atomic E-state index is 9.70. The van der Waals surface area contributed by atoms with Gasteiger partial charge in [-0.2, -0.15) is 0 Å². The minimum atomic E-state index is -0.145. The second kappa shape index (κ2) is 11.6. The SMILES string of the molecule is CCc1nncn1CCNC(=NCc1cccs1)NC1CCC(O)CC1.I. The Morgan fingerprint density at radius 3 is 2.89 bits per heavy atom. The standard InChI is InChI=1S/C18H28N6OS.HI/c1-2-17-23-21-13-24(17)10-9-19-18(20-12-16-4-3-11-26-16)22-14-5-7-15(25)8-6-14;/h3-4,11,13-15,25H,2,5-10,12H2,1H3,(H2,19,20,22);1H. The predicted octanol–water partition coefficient (Wildman–Crippen LogP) is 2.56. The first-order chi connectivity index (χ1) is 12.7. The molecule has 1 aliphatic rings. The summed E-state index contributed by atoms with van der Waals surface area (Å²) in [4.78, 5) is 5.99. The number of hydrogen-bond donors (Lipinski definition) is 3. The number of aromatic nitrogens is 3. The average Bonchev–Trinajstić information content (AvgIpc) is 3.32. The van der Waals surface area contributed by atoms with Gasteiger partial charge in [0.1, 0.15) is 12.2 Å². The van der Waals surface area contributed by atoms with E-state index in [2.05, 4.69) is 49.8 Å². The maximum Gasteiger partial charge on any atom is 0.191 e. The molecule has 2 heterocycles. The molecule has 2 aromatic heterocycles. The molecule has 0 spiro atoms. The molecule has 150 valence electrons. The molecule has 27 heavy (non-hydrogen) atoms. The van der Waals surface area contributed by atoms with Gasteiger partial charge in [-0.05, 0) is 37.1 Å². The van der Waals surface area contributed by atoms with Crippen molar-refractivity contribution in [2.75, 3.05) is 6.54 Å². The fourth-order valence-electron chi connectivity index (χ4n) is 3.16. The van der Waals surface area contributed by atoms with Crippen molar-refractivity contribution in [2.24, 2.45) is 4.99 Å². The molecule has 0 atom stereocenters. The minimum Gasteiger partial charge on any atom is -0.393 e. The van der Waals surface area contributed by atoms with E-state index >= 15 is 0 Å². The van der Waals surface area contributed by atoms with Crippen LogP contribution in [0.5, 0.6) is 0 Å². The third kappa shape index (κ3) is 7.04. The molecule has 0 aliphatic heterocycles. The molecule has 0 amide bonds. The minimum absolute atomic E-state index is 0. The van der Waals surface area contributed by atoms with Crippen molar-refractivity contribution in [3.05, 3.63) is 34.5 Å². The van der Waals surface area contributed by atoms with Crippen LogP contribution in [-0.2, 0) is 19.5 Å². The van der Waals surface area contributed by atoms with Crippen LogP contribution in [0.4, 0.5) is 0 Å². The normalized spacial score (nSPS) is 20.1. The lowest BCUT2D eigenvalue weighted by Crippen LogP contribution is -2.46. The number of aliphatic hydroxyl groups excluding tert-OH is 1. The Kier molecular flexibility index (Phi) is 9.49. The van der Waals surface area contributed by atoms with Crippen LogP contribution in [0, 0.1) is 0 Å². The Morgan fingerprint density at radius 2 is 2.19 bits per heavy atom. The van der Waals surface area contributed by atoms with Gasteiger partial charge < -0.3 is 20.3 Å². The molecular weight excluding hydrogens is 475 g/mol. The summed E-state index contributed by atoms with van der Waals surface area (Å²) in [6.45, 7) is 4.33. The molecule has 9 heteroatoms. The van der Waals surface area contributed by atoms with Crippen molar-refractivity contribution in [1.29, 1.82) is 0 Å². The molecule has 0 saturated heterocycles. The summed E-state index contributed by atoms with van der Waals surface area (Å²) in [6, 6.07) is 4.53. The summed E-state index contributed by atoms with van der Waals surface area (Å²) < 4.78 is 2.07.